The Morgan fingerprint density at radius 2 is 1.53 bits per heavy atom. The highest BCUT2D eigenvalue weighted by Gasteiger charge is 2.57. The van der Waals surface area contributed by atoms with Gasteiger partial charge in [-0.15, -0.1) is 0 Å². The van der Waals surface area contributed by atoms with E-state index in [-0.39, 0.29) is 47.1 Å². The second-order valence-electron chi connectivity index (χ2n) is 11.4. The maximum Gasteiger partial charge on any atom is 0.416 e. The molecule has 2 aromatic rings. The highest BCUT2D eigenvalue weighted by molar-refractivity contribution is 6.25. The molecule has 45 heavy (non-hydrogen) atoms. The molecule has 4 aliphatic rings. The summed E-state index contributed by atoms with van der Waals surface area (Å²) < 4.78 is 86.8. The van der Waals surface area contributed by atoms with E-state index in [1.165, 1.54) is 26.2 Å². The van der Waals surface area contributed by atoms with Crippen molar-refractivity contribution < 1.29 is 55.4 Å². The van der Waals surface area contributed by atoms with E-state index < -0.39 is 76.2 Å². The third-order valence-electron chi connectivity index (χ3n) is 8.93. The fourth-order valence-corrected chi connectivity index (χ4v) is 6.95. The van der Waals surface area contributed by atoms with Gasteiger partial charge in [0.05, 0.1) is 35.8 Å². The van der Waals surface area contributed by atoms with Crippen molar-refractivity contribution in [3.05, 3.63) is 87.5 Å². The molecule has 1 N–H and O–H groups in total. The molecule has 1 aliphatic heterocycles. The maximum absolute atomic E-state index is 13.9. The third-order valence-corrected chi connectivity index (χ3v) is 8.93. The molecule has 13 heteroatoms. The van der Waals surface area contributed by atoms with Gasteiger partial charge in [-0.1, -0.05) is 17.7 Å². The van der Waals surface area contributed by atoms with Gasteiger partial charge in [0.15, 0.2) is 23.1 Å². The van der Waals surface area contributed by atoms with Gasteiger partial charge in [0.25, 0.3) is 0 Å². The zero-order valence-corrected chi connectivity index (χ0v) is 23.5. The Labute approximate surface area is 251 Å². The summed E-state index contributed by atoms with van der Waals surface area (Å²) in [5, 5.41) is 10.5. The molecule has 6 rings (SSSR count). The van der Waals surface area contributed by atoms with Gasteiger partial charge in [-0.25, -0.2) is 4.90 Å². The summed E-state index contributed by atoms with van der Waals surface area (Å²) in [6, 6.07) is 4.95. The van der Waals surface area contributed by atoms with E-state index in [1.54, 1.807) is 12.1 Å². The second kappa shape index (κ2) is 10.2. The monoisotopic (exact) mass is 631 g/mol. The minimum absolute atomic E-state index is 0.0887. The first-order valence-electron chi connectivity index (χ1n) is 13.8. The van der Waals surface area contributed by atoms with Gasteiger partial charge in [0.1, 0.15) is 0 Å². The predicted octanol–water partition coefficient (Wildman–Crippen LogP) is 6.07. The number of imide groups is 1. The lowest BCUT2D eigenvalue weighted by Crippen LogP contribution is -2.39. The molecule has 7 nitrogen and oxygen atoms in total. The number of benzene rings is 2. The average molecular weight is 632 g/mol. The van der Waals surface area contributed by atoms with Crippen LogP contribution in [0, 0.1) is 17.8 Å². The molecule has 0 aromatic heterocycles. The molecule has 2 amide bonds. The number of carbonyl (C=O) groups is 4. The number of anilines is 1. The molecular weight excluding hydrogens is 608 g/mol. The largest absolute Gasteiger partial charge is 0.504 e. The first kappa shape index (κ1) is 30.4. The normalized spacial score (nSPS) is 25.1. The zero-order valence-electron chi connectivity index (χ0n) is 23.5. The predicted molar refractivity (Wildman–Crippen MR) is 145 cm³/mol. The quantitative estimate of drug-likeness (QED) is 0.191. The Kier molecular flexibility index (Phi) is 6.86. The summed E-state index contributed by atoms with van der Waals surface area (Å²) >= 11 is 0. The van der Waals surface area contributed by atoms with Gasteiger partial charge >= 0.3 is 12.4 Å². The number of aromatic hydroxyl groups is 1. The van der Waals surface area contributed by atoms with Crippen molar-refractivity contribution >= 4 is 29.1 Å². The molecule has 0 bridgehead atoms. The van der Waals surface area contributed by atoms with Crippen LogP contribution in [0.4, 0.5) is 32.0 Å². The van der Waals surface area contributed by atoms with E-state index in [4.69, 9.17) is 4.74 Å². The number of ketones is 2. The maximum atomic E-state index is 13.9. The van der Waals surface area contributed by atoms with E-state index in [0.29, 0.717) is 28.2 Å². The smallest absolute Gasteiger partial charge is 0.416 e. The summed E-state index contributed by atoms with van der Waals surface area (Å²) in [5.74, 6) is -7.21. The Morgan fingerprint density at radius 1 is 0.889 bits per heavy atom. The number of hydrogen-bond donors (Lipinski definition) is 1. The number of ether oxygens (including phenoxy) is 1. The van der Waals surface area contributed by atoms with E-state index in [0.717, 1.165) is 6.08 Å². The van der Waals surface area contributed by atoms with Crippen molar-refractivity contribution in [3.8, 4) is 11.5 Å². The number of rotatable bonds is 3. The number of carbonyl (C=O) groups excluding carboxylic acids is 4. The summed E-state index contributed by atoms with van der Waals surface area (Å²) in [5.41, 5.74) is -2.94. The Bertz CT molecular complexity index is 1770. The van der Waals surface area contributed by atoms with Crippen LogP contribution >= 0.6 is 0 Å². The molecule has 0 radical (unpaired) electrons. The molecule has 234 valence electrons. The van der Waals surface area contributed by atoms with Gasteiger partial charge in [-0.3, -0.25) is 19.2 Å². The highest BCUT2D eigenvalue weighted by atomic mass is 19.4. The van der Waals surface area contributed by atoms with Gasteiger partial charge in [-0.05, 0) is 67.7 Å². The van der Waals surface area contributed by atoms with Gasteiger partial charge in [0, 0.05) is 22.6 Å². The van der Waals surface area contributed by atoms with E-state index in [9.17, 15) is 50.6 Å². The SMILES string of the molecule is COc1ccc(C2C3=CCC4C(=O)N(c5cc(C(F)(F)F)cc(C(F)(F)F)c5)C(=O)C4C3CC3=C2C(=O)C(C)=CC3=O)cc1O. The lowest BCUT2D eigenvalue weighted by molar-refractivity contribution is -0.143. The molecule has 1 fully saturated rings. The van der Waals surface area contributed by atoms with E-state index in [1.807, 2.05) is 0 Å². The van der Waals surface area contributed by atoms with Crippen LogP contribution in [0.15, 0.2) is 70.8 Å². The number of methoxy groups -OCH3 is 1. The molecular formula is C32H23F6NO6. The number of allylic oxidation sites excluding steroid dienone is 6. The van der Waals surface area contributed by atoms with Crippen LogP contribution in [-0.2, 0) is 31.5 Å². The number of alkyl halides is 6. The van der Waals surface area contributed by atoms with Crippen molar-refractivity contribution in [2.45, 2.75) is 38.0 Å². The number of nitrogens with zero attached hydrogens (tertiary/aromatic N) is 1. The van der Waals surface area contributed by atoms with Crippen LogP contribution in [0.5, 0.6) is 11.5 Å². The van der Waals surface area contributed by atoms with Crippen LogP contribution in [0.2, 0.25) is 0 Å². The molecule has 3 aliphatic carbocycles. The number of fused-ring (bicyclic) bond motifs is 3. The summed E-state index contributed by atoms with van der Waals surface area (Å²) in [4.78, 5) is 54.6. The molecule has 1 saturated heterocycles. The minimum Gasteiger partial charge on any atom is -0.504 e. The lowest BCUT2D eigenvalue weighted by Gasteiger charge is -2.42. The van der Waals surface area contributed by atoms with Crippen molar-refractivity contribution in [2.24, 2.45) is 17.8 Å². The molecule has 4 unspecified atom stereocenters. The molecule has 2 aromatic carbocycles. The zero-order chi connectivity index (χ0) is 32.7. The van der Waals surface area contributed by atoms with Crippen LogP contribution in [0.1, 0.15) is 42.4 Å². The number of phenols is 1. The van der Waals surface area contributed by atoms with Gasteiger partial charge in [-0.2, -0.15) is 26.3 Å². The summed E-state index contributed by atoms with van der Waals surface area (Å²) in [6.07, 6.45) is -7.86. The van der Waals surface area contributed by atoms with Gasteiger partial charge in [0.2, 0.25) is 11.8 Å². The highest BCUT2D eigenvalue weighted by Crippen LogP contribution is 2.56. The Morgan fingerprint density at radius 3 is 2.11 bits per heavy atom. The van der Waals surface area contributed by atoms with Crippen molar-refractivity contribution in [3.63, 3.8) is 0 Å². The first-order valence-corrected chi connectivity index (χ1v) is 13.8. The molecule has 0 saturated carbocycles. The van der Waals surface area contributed by atoms with Crippen molar-refractivity contribution in [1.82, 2.24) is 0 Å². The lowest BCUT2D eigenvalue weighted by atomic mass is 9.59. The van der Waals surface area contributed by atoms with Gasteiger partial charge < -0.3 is 9.84 Å². The second-order valence-corrected chi connectivity index (χ2v) is 11.4. The topological polar surface area (TPSA) is 101 Å². The Hall–Kier alpha value is -4.68. The van der Waals surface area contributed by atoms with Crippen LogP contribution in [0.25, 0.3) is 0 Å². The number of hydrogen-bond acceptors (Lipinski definition) is 6. The fraction of sp³-hybridized carbons (Fsp3) is 0.312. The van der Waals surface area contributed by atoms with Crippen LogP contribution in [-0.4, -0.2) is 35.6 Å². The molecule has 0 spiro atoms. The minimum atomic E-state index is -5.20. The first-order chi connectivity index (χ1) is 21.0. The summed E-state index contributed by atoms with van der Waals surface area (Å²) in [6.45, 7) is 1.48. The van der Waals surface area contributed by atoms with E-state index >= 15 is 0 Å². The number of Topliss-reactive ketones (excluding diaryl/α,β-unsaturated/α-hetero) is 1. The van der Waals surface area contributed by atoms with Crippen molar-refractivity contribution in [2.75, 3.05) is 12.0 Å². The van der Waals surface area contributed by atoms with Crippen LogP contribution < -0.4 is 9.64 Å². The number of halogens is 6. The Balaban J connectivity index is 1.48. The van der Waals surface area contributed by atoms with Crippen molar-refractivity contribution in [1.29, 1.82) is 0 Å². The average Bonchev–Trinajstić information content (AvgIpc) is 3.23. The summed E-state index contributed by atoms with van der Waals surface area (Å²) in [7, 11) is 1.34. The fourth-order valence-electron chi connectivity index (χ4n) is 6.95. The van der Waals surface area contributed by atoms with Crippen LogP contribution in [0.3, 0.4) is 0 Å². The molecule has 1 heterocycles. The molecule has 4 atom stereocenters. The number of phenolic OH excluding ortho intramolecular Hbond substituents is 1. The van der Waals surface area contributed by atoms with E-state index in [2.05, 4.69) is 0 Å². The standard InChI is InChI=1S/C32H23F6NO6/c1-13-7-22(40)21-12-20-18(25(27(21)28(13)42)14-3-6-24(45-2)23(41)8-14)4-5-19-26(20)30(44)39(29(19)43)17-10-15(31(33,34)35)9-16(11-17)32(36,37)38/h3-4,6-11,19-20,25-26,41H,5,12H2,1-2H3. The third kappa shape index (κ3) is 4.75. The number of amides is 2.